The normalized spacial score (nSPS) is 10.2. The largest absolute Gasteiger partial charge is 0.504 e. The molecule has 4 nitrogen and oxygen atoms in total. The number of aromatic hydroxyl groups is 1. The number of hydrogen-bond donors (Lipinski definition) is 2. The van der Waals surface area contributed by atoms with Gasteiger partial charge in [0.05, 0.1) is 13.7 Å². The van der Waals surface area contributed by atoms with Gasteiger partial charge in [-0.05, 0) is 37.3 Å². The Morgan fingerprint density at radius 3 is 2.74 bits per heavy atom. The van der Waals surface area contributed by atoms with E-state index in [1.165, 1.54) is 18.1 Å². The van der Waals surface area contributed by atoms with Gasteiger partial charge in [-0.3, -0.25) is 4.79 Å². The summed E-state index contributed by atoms with van der Waals surface area (Å²) in [7, 11) is 1.47. The number of benzene rings is 1. The molecule has 0 atom stereocenters. The molecule has 19 heavy (non-hydrogen) atoms. The minimum atomic E-state index is -0.219. The molecule has 0 aliphatic carbocycles. The number of phenols is 1. The molecule has 0 aliphatic heterocycles. The Morgan fingerprint density at radius 2 is 2.16 bits per heavy atom. The van der Waals surface area contributed by atoms with Crippen LogP contribution in [-0.2, 0) is 6.54 Å². The minimum absolute atomic E-state index is 0.0397. The van der Waals surface area contributed by atoms with Crippen molar-refractivity contribution in [3.63, 3.8) is 0 Å². The first kappa shape index (κ1) is 13.4. The number of nitrogens with one attached hydrogen (secondary N) is 1. The molecular formula is C14H15NO3S. The second-order valence-electron chi connectivity index (χ2n) is 4.08. The second-order valence-corrected chi connectivity index (χ2v) is 5.45. The zero-order valence-electron chi connectivity index (χ0n) is 10.8. The molecular weight excluding hydrogens is 262 g/mol. The van der Waals surface area contributed by atoms with Crippen LogP contribution in [0.4, 0.5) is 0 Å². The first-order chi connectivity index (χ1) is 9.10. The van der Waals surface area contributed by atoms with E-state index in [0.717, 1.165) is 4.88 Å². The van der Waals surface area contributed by atoms with Gasteiger partial charge >= 0.3 is 0 Å². The van der Waals surface area contributed by atoms with Crippen molar-refractivity contribution in [2.24, 2.45) is 0 Å². The summed E-state index contributed by atoms with van der Waals surface area (Å²) in [5.74, 6) is 0.0940. The van der Waals surface area contributed by atoms with E-state index in [0.29, 0.717) is 17.9 Å². The molecule has 0 radical (unpaired) electrons. The smallest absolute Gasteiger partial charge is 0.251 e. The van der Waals surface area contributed by atoms with Crippen LogP contribution in [0.25, 0.3) is 0 Å². The van der Waals surface area contributed by atoms with Crippen molar-refractivity contribution in [3.05, 3.63) is 45.6 Å². The number of carbonyl (C=O) groups is 1. The van der Waals surface area contributed by atoms with Crippen molar-refractivity contribution in [2.75, 3.05) is 7.11 Å². The molecule has 0 fully saturated rings. The fraction of sp³-hybridized carbons (Fsp3) is 0.214. The van der Waals surface area contributed by atoms with Crippen molar-refractivity contribution < 1.29 is 14.6 Å². The lowest BCUT2D eigenvalue weighted by molar-refractivity contribution is 0.0951. The number of ether oxygens (including phenoxy) is 1. The number of thiophene rings is 1. The maximum absolute atomic E-state index is 11.9. The Kier molecular flexibility index (Phi) is 4.06. The van der Waals surface area contributed by atoms with Gasteiger partial charge in [-0.1, -0.05) is 0 Å². The predicted molar refractivity (Wildman–Crippen MR) is 74.9 cm³/mol. The first-order valence-electron chi connectivity index (χ1n) is 5.80. The minimum Gasteiger partial charge on any atom is -0.504 e. The molecule has 0 saturated heterocycles. The average Bonchev–Trinajstić information content (AvgIpc) is 2.81. The predicted octanol–water partition coefficient (Wildman–Crippen LogP) is 2.70. The van der Waals surface area contributed by atoms with Crippen LogP contribution >= 0.6 is 11.3 Å². The summed E-state index contributed by atoms with van der Waals surface area (Å²) >= 11 is 1.65. The summed E-state index contributed by atoms with van der Waals surface area (Å²) in [4.78, 5) is 14.2. The Morgan fingerprint density at radius 1 is 1.37 bits per heavy atom. The number of phenolic OH excluding ortho intramolecular Hbond substituents is 1. The van der Waals surface area contributed by atoms with Gasteiger partial charge in [0, 0.05) is 15.3 Å². The highest BCUT2D eigenvalue weighted by Gasteiger charge is 2.09. The Labute approximate surface area is 115 Å². The maximum Gasteiger partial charge on any atom is 0.251 e. The molecule has 0 unspecified atom stereocenters. The molecule has 2 N–H and O–H groups in total. The Balaban J connectivity index is 2.01. The van der Waals surface area contributed by atoms with Crippen molar-refractivity contribution in [2.45, 2.75) is 13.5 Å². The SMILES string of the molecule is COc1ccc(C(=O)NCc2ccc(C)s2)cc1O. The number of rotatable bonds is 4. The quantitative estimate of drug-likeness (QED) is 0.903. The van der Waals surface area contributed by atoms with Crippen molar-refractivity contribution in [1.82, 2.24) is 5.32 Å². The lowest BCUT2D eigenvalue weighted by Crippen LogP contribution is -2.22. The van der Waals surface area contributed by atoms with Crippen LogP contribution in [0.1, 0.15) is 20.1 Å². The second kappa shape index (κ2) is 5.75. The molecule has 5 heteroatoms. The van der Waals surface area contributed by atoms with E-state index < -0.39 is 0 Å². The number of amides is 1. The highest BCUT2D eigenvalue weighted by molar-refractivity contribution is 7.11. The van der Waals surface area contributed by atoms with E-state index >= 15 is 0 Å². The molecule has 1 heterocycles. The van der Waals surface area contributed by atoms with Crippen LogP contribution in [-0.4, -0.2) is 18.1 Å². The van der Waals surface area contributed by atoms with Gasteiger partial charge in [-0.15, -0.1) is 11.3 Å². The maximum atomic E-state index is 11.9. The number of hydrogen-bond acceptors (Lipinski definition) is 4. The third-order valence-corrected chi connectivity index (χ3v) is 3.66. The topological polar surface area (TPSA) is 58.6 Å². The Hall–Kier alpha value is -2.01. The van der Waals surface area contributed by atoms with Crippen LogP contribution in [0.5, 0.6) is 11.5 Å². The molecule has 0 aliphatic rings. The average molecular weight is 277 g/mol. The molecule has 1 aromatic carbocycles. The zero-order chi connectivity index (χ0) is 13.8. The molecule has 100 valence electrons. The first-order valence-corrected chi connectivity index (χ1v) is 6.62. The van der Waals surface area contributed by atoms with Crippen molar-refractivity contribution in [1.29, 1.82) is 0 Å². The summed E-state index contributed by atoms with van der Waals surface area (Å²) in [6.07, 6.45) is 0. The summed E-state index contributed by atoms with van der Waals surface area (Å²) in [5.41, 5.74) is 0.409. The fourth-order valence-electron chi connectivity index (χ4n) is 1.68. The van der Waals surface area contributed by atoms with Gasteiger partial charge < -0.3 is 15.2 Å². The van der Waals surface area contributed by atoms with Gasteiger partial charge in [0.25, 0.3) is 5.91 Å². The lowest BCUT2D eigenvalue weighted by atomic mass is 10.2. The highest BCUT2D eigenvalue weighted by atomic mass is 32.1. The monoisotopic (exact) mass is 277 g/mol. The van der Waals surface area contributed by atoms with E-state index in [1.807, 2.05) is 19.1 Å². The van der Waals surface area contributed by atoms with Gasteiger partial charge in [0.1, 0.15) is 0 Å². The molecule has 2 aromatic rings. The van der Waals surface area contributed by atoms with E-state index in [4.69, 9.17) is 4.74 Å². The van der Waals surface area contributed by atoms with Gasteiger partial charge in [0.15, 0.2) is 11.5 Å². The molecule has 0 spiro atoms. The van der Waals surface area contributed by atoms with Gasteiger partial charge in [-0.2, -0.15) is 0 Å². The third kappa shape index (κ3) is 3.26. The van der Waals surface area contributed by atoms with Gasteiger partial charge in [0.2, 0.25) is 0 Å². The standard InChI is InChI=1S/C14H15NO3S/c1-9-3-5-11(19-9)8-15-14(17)10-4-6-13(18-2)12(16)7-10/h3-7,16H,8H2,1-2H3,(H,15,17). The number of aryl methyl sites for hydroxylation is 1. The summed E-state index contributed by atoms with van der Waals surface area (Å²) in [6.45, 7) is 2.52. The highest BCUT2D eigenvalue weighted by Crippen LogP contribution is 2.26. The molecule has 2 rings (SSSR count). The number of carbonyl (C=O) groups excluding carboxylic acids is 1. The molecule has 0 bridgehead atoms. The summed E-state index contributed by atoms with van der Waals surface area (Å²) in [6, 6.07) is 8.60. The zero-order valence-corrected chi connectivity index (χ0v) is 11.6. The van der Waals surface area contributed by atoms with Crippen molar-refractivity contribution in [3.8, 4) is 11.5 Å². The van der Waals surface area contributed by atoms with Crippen LogP contribution < -0.4 is 10.1 Å². The van der Waals surface area contributed by atoms with E-state index in [2.05, 4.69) is 5.32 Å². The van der Waals surface area contributed by atoms with Crippen molar-refractivity contribution >= 4 is 17.2 Å². The van der Waals surface area contributed by atoms with E-state index in [1.54, 1.807) is 23.5 Å². The summed E-state index contributed by atoms with van der Waals surface area (Å²) in [5, 5.41) is 12.4. The lowest BCUT2D eigenvalue weighted by Gasteiger charge is -2.07. The van der Waals surface area contributed by atoms with Crippen LogP contribution in [0, 0.1) is 6.92 Å². The van der Waals surface area contributed by atoms with E-state index in [9.17, 15) is 9.90 Å². The third-order valence-electron chi connectivity index (χ3n) is 2.66. The molecule has 1 aromatic heterocycles. The summed E-state index contributed by atoms with van der Waals surface area (Å²) < 4.78 is 4.93. The van der Waals surface area contributed by atoms with Crippen LogP contribution in [0.3, 0.4) is 0 Å². The van der Waals surface area contributed by atoms with Crippen LogP contribution in [0.15, 0.2) is 30.3 Å². The molecule has 0 saturated carbocycles. The van der Waals surface area contributed by atoms with Crippen LogP contribution in [0.2, 0.25) is 0 Å². The van der Waals surface area contributed by atoms with Gasteiger partial charge in [-0.25, -0.2) is 0 Å². The fourth-order valence-corrected chi connectivity index (χ4v) is 2.51. The van der Waals surface area contributed by atoms with E-state index in [-0.39, 0.29) is 11.7 Å². The Bertz CT molecular complexity index is 592. The number of methoxy groups -OCH3 is 1. The molecule has 1 amide bonds.